The molecule has 0 bridgehead atoms. The Labute approximate surface area is 136 Å². The van der Waals surface area contributed by atoms with Gasteiger partial charge in [-0.1, -0.05) is 36.2 Å². The molecular weight excluding hydrogens is 307 g/mol. The minimum atomic E-state index is 0.0530. The van der Waals surface area contributed by atoms with Crippen LogP contribution in [0.3, 0.4) is 0 Å². The lowest BCUT2D eigenvalue weighted by Gasteiger charge is -2.34. The number of piperazine rings is 1. The van der Waals surface area contributed by atoms with Gasteiger partial charge in [0.25, 0.3) is 0 Å². The molecule has 0 radical (unpaired) electrons. The first-order valence-electron chi connectivity index (χ1n) is 7.24. The molecule has 0 atom stereocenters. The Morgan fingerprint density at radius 1 is 1.19 bits per heavy atom. The highest BCUT2D eigenvalue weighted by Crippen LogP contribution is 2.23. The standard InChI is InChI=1S/C16H20Cl2N2O/c1-2-7-19-8-10-20(11-9-19)16(21)6-4-13-3-5-14(17)15(18)12-13/h3-6,12H,2,7-11H2,1H3/b6-4+. The summed E-state index contributed by atoms with van der Waals surface area (Å²) in [6.07, 6.45) is 4.54. The molecule has 0 aliphatic carbocycles. The van der Waals surface area contributed by atoms with E-state index in [4.69, 9.17) is 23.2 Å². The highest BCUT2D eigenvalue weighted by molar-refractivity contribution is 6.42. The number of benzene rings is 1. The fourth-order valence-corrected chi connectivity index (χ4v) is 2.70. The van der Waals surface area contributed by atoms with Crippen LogP contribution in [0.5, 0.6) is 0 Å². The number of rotatable bonds is 4. The number of halogens is 2. The molecule has 0 saturated carbocycles. The van der Waals surface area contributed by atoms with E-state index in [-0.39, 0.29) is 5.91 Å². The maximum Gasteiger partial charge on any atom is 0.246 e. The molecule has 21 heavy (non-hydrogen) atoms. The van der Waals surface area contributed by atoms with Gasteiger partial charge < -0.3 is 4.90 Å². The number of carbonyl (C=O) groups excluding carboxylic acids is 1. The van der Waals surface area contributed by atoms with Crippen molar-refractivity contribution in [3.05, 3.63) is 39.9 Å². The third-order valence-corrected chi connectivity index (χ3v) is 4.32. The Morgan fingerprint density at radius 2 is 1.90 bits per heavy atom. The van der Waals surface area contributed by atoms with E-state index in [1.54, 1.807) is 24.3 Å². The molecule has 0 N–H and O–H groups in total. The molecule has 114 valence electrons. The number of hydrogen-bond donors (Lipinski definition) is 0. The first-order chi connectivity index (χ1) is 10.1. The smallest absolute Gasteiger partial charge is 0.246 e. The highest BCUT2D eigenvalue weighted by atomic mass is 35.5. The summed E-state index contributed by atoms with van der Waals surface area (Å²) in [7, 11) is 0. The van der Waals surface area contributed by atoms with Gasteiger partial charge in [0, 0.05) is 32.3 Å². The molecule has 1 amide bonds. The van der Waals surface area contributed by atoms with Gasteiger partial charge in [0.2, 0.25) is 5.91 Å². The molecule has 1 fully saturated rings. The molecule has 0 aromatic heterocycles. The molecule has 0 unspecified atom stereocenters. The van der Waals surface area contributed by atoms with Gasteiger partial charge in [0.05, 0.1) is 10.0 Å². The zero-order valence-corrected chi connectivity index (χ0v) is 13.7. The third kappa shape index (κ3) is 4.73. The minimum Gasteiger partial charge on any atom is -0.337 e. The maximum absolute atomic E-state index is 12.1. The van der Waals surface area contributed by atoms with E-state index in [9.17, 15) is 4.79 Å². The van der Waals surface area contributed by atoms with Gasteiger partial charge in [0.1, 0.15) is 0 Å². The minimum absolute atomic E-state index is 0.0530. The quantitative estimate of drug-likeness (QED) is 0.790. The zero-order chi connectivity index (χ0) is 15.2. The Bertz CT molecular complexity index is 523. The summed E-state index contributed by atoms with van der Waals surface area (Å²) in [6.45, 7) is 6.80. The van der Waals surface area contributed by atoms with E-state index in [1.165, 1.54) is 0 Å². The summed E-state index contributed by atoms with van der Waals surface area (Å²) in [4.78, 5) is 16.4. The molecule has 3 nitrogen and oxygen atoms in total. The van der Waals surface area contributed by atoms with Crippen molar-refractivity contribution in [3.63, 3.8) is 0 Å². The molecule has 1 aliphatic heterocycles. The molecule has 1 aromatic carbocycles. The summed E-state index contributed by atoms with van der Waals surface area (Å²) in [5.41, 5.74) is 0.877. The van der Waals surface area contributed by atoms with Gasteiger partial charge in [-0.15, -0.1) is 0 Å². The van der Waals surface area contributed by atoms with Crippen molar-refractivity contribution in [2.45, 2.75) is 13.3 Å². The van der Waals surface area contributed by atoms with E-state index in [0.29, 0.717) is 10.0 Å². The molecule has 0 spiro atoms. The molecule has 1 heterocycles. The Kier molecular flexibility index (Phi) is 6.09. The van der Waals surface area contributed by atoms with E-state index in [2.05, 4.69) is 11.8 Å². The summed E-state index contributed by atoms with van der Waals surface area (Å²) in [5.74, 6) is 0.0530. The van der Waals surface area contributed by atoms with E-state index in [1.807, 2.05) is 11.0 Å². The third-order valence-electron chi connectivity index (χ3n) is 3.59. The molecule has 2 rings (SSSR count). The van der Waals surface area contributed by atoms with Crippen molar-refractivity contribution in [1.29, 1.82) is 0 Å². The van der Waals surface area contributed by atoms with Crippen molar-refractivity contribution in [2.75, 3.05) is 32.7 Å². The van der Waals surface area contributed by atoms with Crippen molar-refractivity contribution in [1.82, 2.24) is 9.80 Å². The van der Waals surface area contributed by atoms with Crippen LogP contribution in [-0.4, -0.2) is 48.4 Å². The van der Waals surface area contributed by atoms with Gasteiger partial charge in [-0.3, -0.25) is 9.69 Å². The zero-order valence-electron chi connectivity index (χ0n) is 12.2. The Morgan fingerprint density at radius 3 is 2.52 bits per heavy atom. The summed E-state index contributed by atoms with van der Waals surface area (Å²) >= 11 is 11.8. The first kappa shape index (κ1) is 16.3. The van der Waals surface area contributed by atoms with Crippen molar-refractivity contribution >= 4 is 35.2 Å². The molecule has 1 aliphatic rings. The van der Waals surface area contributed by atoms with Crippen LogP contribution in [0, 0.1) is 0 Å². The van der Waals surface area contributed by atoms with Crippen molar-refractivity contribution in [2.24, 2.45) is 0 Å². The SMILES string of the molecule is CCCN1CCN(C(=O)/C=C/c2ccc(Cl)c(Cl)c2)CC1. The number of nitrogens with zero attached hydrogens (tertiary/aromatic N) is 2. The van der Waals surface area contributed by atoms with Gasteiger partial charge in [0.15, 0.2) is 0 Å². The predicted molar refractivity (Wildman–Crippen MR) is 88.8 cm³/mol. The normalized spacial score (nSPS) is 16.6. The lowest BCUT2D eigenvalue weighted by Crippen LogP contribution is -2.48. The second kappa shape index (κ2) is 7.83. The summed E-state index contributed by atoms with van der Waals surface area (Å²) < 4.78 is 0. The summed E-state index contributed by atoms with van der Waals surface area (Å²) in [6, 6.07) is 5.33. The molecular formula is C16H20Cl2N2O. The maximum atomic E-state index is 12.1. The topological polar surface area (TPSA) is 23.6 Å². The van der Waals surface area contributed by atoms with Crippen molar-refractivity contribution < 1.29 is 4.79 Å². The number of amides is 1. The van der Waals surface area contributed by atoms with Crippen LogP contribution in [-0.2, 0) is 4.79 Å². The van der Waals surface area contributed by atoms with E-state index >= 15 is 0 Å². The van der Waals surface area contributed by atoms with Gasteiger partial charge >= 0.3 is 0 Å². The van der Waals surface area contributed by atoms with E-state index < -0.39 is 0 Å². The van der Waals surface area contributed by atoms with Crippen LogP contribution in [0.25, 0.3) is 6.08 Å². The van der Waals surface area contributed by atoms with Crippen LogP contribution in [0.1, 0.15) is 18.9 Å². The van der Waals surface area contributed by atoms with Crippen LogP contribution in [0.4, 0.5) is 0 Å². The lowest BCUT2D eigenvalue weighted by molar-refractivity contribution is -0.127. The van der Waals surface area contributed by atoms with Crippen molar-refractivity contribution in [3.8, 4) is 0 Å². The fourth-order valence-electron chi connectivity index (χ4n) is 2.40. The molecule has 1 saturated heterocycles. The highest BCUT2D eigenvalue weighted by Gasteiger charge is 2.18. The Balaban J connectivity index is 1.89. The average Bonchev–Trinajstić information content (AvgIpc) is 2.49. The van der Waals surface area contributed by atoms with Crippen LogP contribution < -0.4 is 0 Å². The fraction of sp³-hybridized carbons (Fsp3) is 0.438. The number of hydrogen-bond acceptors (Lipinski definition) is 2. The second-order valence-corrected chi connectivity index (χ2v) is 5.99. The monoisotopic (exact) mass is 326 g/mol. The molecule has 1 aromatic rings. The van der Waals surface area contributed by atoms with Crippen LogP contribution in [0.2, 0.25) is 10.0 Å². The molecule has 5 heteroatoms. The van der Waals surface area contributed by atoms with Crippen LogP contribution in [0.15, 0.2) is 24.3 Å². The summed E-state index contributed by atoms with van der Waals surface area (Å²) in [5, 5.41) is 1.02. The number of carbonyl (C=O) groups is 1. The first-order valence-corrected chi connectivity index (χ1v) is 8.00. The largest absolute Gasteiger partial charge is 0.337 e. The van der Waals surface area contributed by atoms with Gasteiger partial charge in [-0.05, 0) is 36.7 Å². The van der Waals surface area contributed by atoms with Gasteiger partial charge in [-0.2, -0.15) is 0 Å². The Hall–Kier alpha value is -1.03. The van der Waals surface area contributed by atoms with Crippen LogP contribution >= 0.6 is 23.2 Å². The lowest BCUT2D eigenvalue weighted by atomic mass is 10.2. The van der Waals surface area contributed by atoms with E-state index in [0.717, 1.165) is 44.7 Å². The van der Waals surface area contributed by atoms with Gasteiger partial charge in [-0.25, -0.2) is 0 Å². The average molecular weight is 327 g/mol. The second-order valence-electron chi connectivity index (χ2n) is 5.17. The predicted octanol–water partition coefficient (Wildman–Crippen LogP) is 3.56.